The quantitative estimate of drug-likeness (QED) is 0.635. The molecular weight excluding hydrogens is 340 g/mol. The van der Waals surface area contributed by atoms with E-state index in [1.807, 2.05) is 13.8 Å². The van der Waals surface area contributed by atoms with Crippen molar-refractivity contribution < 1.29 is 14.4 Å². The molecule has 0 radical (unpaired) electrons. The van der Waals surface area contributed by atoms with Crippen LogP contribution in [0.25, 0.3) is 0 Å². The summed E-state index contributed by atoms with van der Waals surface area (Å²) in [7, 11) is 0. The van der Waals surface area contributed by atoms with Crippen molar-refractivity contribution in [2.75, 3.05) is 18.4 Å². The zero-order valence-corrected chi connectivity index (χ0v) is 14.8. The number of thiazole rings is 1. The highest BCUT2D eigenvalue weighted by molar-refractivity contribution is 7.15. The van der Waals surface area contributed by atoms with E-state index in [9.17, 15) is 14.4 Å². The molecule has 130 valence electrons. The van der Waals surface area contributed by atoms with Gasteiger partial charge in [0.2, 0.25) is 0 Å². The first-order valence-corrected chi connectivity index (χ1v) is 8.73. The van der Waals surface area contributed by atoms with Crippen LogP contribution in [0.15, 0.2) is 24.3 Å². The van der Waals surface area contributed by atoms with E-state index in [1.54, 1.807) is 24.3 Å². The average Bonchev–Trinajstić information content (AvgIpc) is 3.02. The first-order valence-electron chi connectivity index (χ1n) is 7.91. The van der Waals surface area contributed by atoms with Crippen LogP contribution in [0.5, 0.6) is 0 Å². The average molecular weight is 358 g/mol. The summed E-state index contributed by atoms with van der Waals surface area (Å²) in [5, 5.41) is 5.92. The molecule has 0 bridgehead atoms. The normalized spacial score (nSPS) is 13.1. The Morgan fingerprint density at radius 3 is 2.36 bits per heavy atom. The molecule has 1 aliphatic heterocycles. The highest BCUT2D eigenvalue weighted by Crippen LogP contribution is 2.22. The van der Waals surface area contributed by atoms with Crippen LogP contribution in [-0.2, 0) is 0 Å². The molecule has 1 aliphatic rings. The van der Waals surface area contributed by atoms with E-state index in [0.29, 0.717) is 29.2 Å². The molecule has 1 aromatic heterocycles. The van der Waals surface area contributed by atoms with E-state index < -0.39 is 0 Å². The molecule has 4 amide bonds. The summed E-state index contributed by atoms with van der Waals surface area (Å²) in [4.78, 5) is 42.8. The number of hydrogen-bond donors (Lipinski definition) is 2. The second-order valence-electron chi connectivity index (χ2n) is 5.70. The highest BCUT2D eigenvalue weighted by atomic mass is 32.1. The first-order chi connectivity index (χ1) is 12.0. The molecule has 25 heavy (non-hydrogen) atoms. The molecule has 0 saturated carbocycles. The number of benzene rings is 1. The van der Waals surface area contributed by atoms with E-state index in [0.717, 1.165) is 10.6 Å². The number of amides is 4. The summed E-state index contributed by atoms with van der Waals surface area (Å²) in [6.45, 7) is 4.44. The van der Waals surface area contributed by atoms with Gasteiger partial charge in [-0.2, -0.15) is 0 Å². The predicted octanol–water partition coefficient (Wildman–Crippen LogP) is 2.57. The van der Waals surface area contributed by atoms with Crippen molar-refractivity contribution in [2.24, 2.45) is 0 Å². The number of carbonyl (C=O) groups is 3. The van der Waals surface area contributed by atoms with Crippen LogP contribution in [0.4, 0.5) is 9.93 Å². The van der Waals surface area contributed by atoms with Gasteiger partial charge in [-0.1, -0.05) is 12.1 Å². The van der Waals surface area contributed by atoms with E-state index in [2.05, 4.69) is 15.6 Å². The van der Waals surface area contributed by atoms with Crippen LogP contribution >= 0.6 is 11.3 Å². The predicted molar refractivity (Wildman–Crippen MR) is 95.0 cm³/mol. The van der Waals surface area contributed by atoms with Crippen molar-refractivity contribution in [2.45, 2.75) is 20.3 Å². The maximum Gasteiger partial charge on any atom is 0.321 e. The van der Waals surface area contributed by atoms with Crippen molar-refractivity contribution >= 4 is 34.3 Å². The number of aryl methyl sites for hydroxylation is 2. The molecule has 2 aromatic rings. The summed E-state index contributed by atoms with van der Waals surface area (Å²) in [5.74, 6) is -0.558. The SMILES string of the molecule is Cc1nc(NC(=O)NCCCN2C(=O)c3ccccc3C2=O)sc1C. The second kappa shape index (κ2) is 7.02. The fraction of sp³-hybridized carbons (Fsp3) is 0.294. The van der Waals surface area contributed by atoms with Gasteiger partial charge in [0.25, 0.3) is 11.8 Å². The number of nitrogens with one attached hydrogen (secondary N) is 2. The summed E-state index contributed by atoms with van der Waals surface area (Å²) in [5.41, 5.74) is 1.77. The van der Waals surface area contributed by atoms with E-state index >= 15 is 0 Å². The number of aromatic nitrogens is 1. The minimum atomic E-state index is -0.351. The molecule has 2 N–H and O–H groups in total. The zero-order valence-electron chi connectivity index (χ0n) is 14.0. The maximum atomic E-state index is 12.2. The lowest BCUT2D eigenvalue weighted by Crippen LogP contribution is -2.35. The van der Waals surface area contributed by atoms with Crippen LogP contribution in [0.3, 0.4) is 0 Å². The Morgan fingerprint density at radius 2 is 1.80 bits per heavy atom. The van der Waals surface area contributed by atoms with Gasteiger partial charge in [0.05, 0.1) is 16.8 Å². The summed E-state index contributed by atoms with van der Waals surface area (Å²) >= 11 is 1.42. The molecule has 1 aromatic carbocycles. The fourth-order valence-corrected chi connectivity index (χ4v) is 3.36. The van der Waals surface area contributed by atoms with Crippen molar-refractivity contribution in [1.82, 2.24) is 15.2 Å². The third-order valence-electron chi connectivity index (χ3n) is 3.97. The lowest BCUT2D eigenvalue weighted by Gasteiger charge is -2.13. The number of fused-ring (bicyclic) bond motifs is 1. The largest absolute Gasteiger partial charge is 0.338 e. The van der Waals surface area contributed by atoms with E-state index in [-0.39, 0.29) is 24.4 Å². The van der Waals surface area contributed by atoms with Gasteiger partial charge in [-0.15, -0.1) is 11.3 Å². The molecule has 8 heteroatoms. The molecule has 0 unspecified atom stereocenters. The van der Waals surface area contributed by atoms with Gasteiger partial charge in [0.1, 0.15) is 0 Å². The van der Waals surface area contributed by atoms with Crippen molar-refractivity contribution in [1.29, 1.82) is 0 Å². The van der Waals surface area contributed by atoms with Crippen molar-refractivity contribution in [3.05, 3.63) is 46.0 Å². The molecule has 7 nitrogen and oxygen atoms in total. The Bertz CT molecular complexity index is 792. The smallest absolute Gasteiger partial charge is 0.321 e. The summed E-state index contributed by atoms with van der Waals surface area (Å²) < 4.78 is 0. The number of anilines is 1. The van der Waals surface area contributed by atoms with Gasteiger partial charge in [0.15, 0.2) is 5.13 Å². The van der Waals surface area contributed by atoms with Gasteiger partial charge < -0.3 is 5.32 Å². The molecule has 0 aliphatic carbocycles. The van der Waals surface area contributed by atoms with Crippen LogP contribution in [0.1, 0.15) is 37.7 Å². The third kappa shape index (κ3) is 3.53. The Hall–Kier alpha value is -2.74. The second-order valence-corrected chi connectivity index (χ2v) is 6.91. The molecule has 2 heterocycles. The number of rotatable bonds is 5. The first kappa shape index (κ1) is 17.1. The van der Waals surface area contributed by atoms with Crippen LogP contribution in [0.2, 0.25) is 0 Å². The Morgan fingerprint density at radius 1 is 1.16 bits per heavy atom. The van der Waals surface area contributed by atoms with Gasteiger partial charge in [0, 0.05) is 18.0 Å². The molecule has 3 rings (SSSR count). The summed E-state index contributed by atoms with van der Waals surface area (Å²) in [6, 6.07) is 6.43. The van der Waals surface area contributed by atoms with E-state index in [4.69, 9.17) is 0 Å². The minimum absolute atomic E-state index is 0.266. The minimum Gasteiger partial charge on any atom is -0.338 e. The van der Waals surface area contributed by atoms with Gasteiger partial charge in [-0.3, -0.25) is 19.8 Å². The van der Waals surface area contributed by atoms with E-state index in [1.165, 1.54) is 16.2 Å². The van der Waals surface area contributed by atoms with Crippen molar-refractivity contribution in [3.8, 4) is 0 Å². The van der Waals surface area contributed by atoms with Crippen LogP contribution in [-0.4, -0.2) is 40.8 Å². The monoisotopic (exact) mass is 358 g/mol. The molecular formula is C17H18N4O3S. The number of carbonyl (C=O) groups excluding carboxylic acids is 3. The van der Waals surface area contributed by atoms with Crippen molar-refractivity contribution in [3.63, 3.8) is 0 Å². The Balaban J connectivity index is 1.45. The fourth-order valence-electron chi connectivity index (χ4n) is 2.55. The standard InChI is InChI=1S/C17H18N4O3S/c1-10-11(2)25-17(19-10)20-16(24)18-8-5-9-21-14(22)12-6-3-4-7-13(12)15(21)23/h3-4,6-7H,5,8-9H2,1-2H3,(H2,18,19,20,24). The van der Waals surface area contributed by atoms with Gasteiger partial charge in [-0.05, 0) is 32.4 Å². The Labute approximate surface area is 149 Å². The zero-order chi connectivity index (χ0) is 18.0. The van der Waals surface area contributed by atoms with Gasteiger partial charge >= 0.3 is 6.03 Å². The lowest BCUT2D eigenvalue weighted by atomic mass is 10.1. The number of nitrogens with zero attached hydrogens (tertiary/aromatic N) is 2. The van der Waals surface area contributed by atoms with Crippen LogP contribution < -0.4 is 10.6 Å². The number of urea groups is 1. The molecule has 0 fully saturated rings. The third-order valence-corrected chi connectivity index (χ3v) is 4.96. The molecule has 0 spiro atoms. The lowest BCUT2D eigenvalue weighted by molar-refractivity contribution is 0.0653. The molecule has 0 saturated heterocycles. The Kier molecular flexibility index (Phi) is 4.80. The summed E-state index contributed by atoms with van der Waals surface area (Å²) in [6.07, 6.45) is 0.481. The van der Waals surface area contributed by atoms with Crippen LogP contribution in [0, 0.1) is 13.8 Å². The highest BCUT2D eigenvalue weighted by Gasteiger charge is 2.34. The molecule has 0 atom stereocenters. The topological polar surface area (TPSA) is 91.4 Å². The number of hydrogen-bond acceptors (Lipinski definition) is 5. The maximum absolute atomic E-state index is 12.2. The number of imide groups is 1. The van der Waals surface area contributed by atoms with Gasteiger partial charge in [-0.25, -0.2) is 9.78 Å².